The van der Waals surface area contributed by atoms with Crippen molar-refractivity contribution in [1.29, 1.82) is 0 Å². The number of H-pyrrole nitrogens is 2. The summed E-state index contributed by atoms with van der Waals surface area (Å²) in [7, 11) is 3.01. The maximum Gasteiger partial charge on any atom is 0.342 e. The molecule has 12 heteroatoms. The second-order valence-electron chi connectivity index (χ2n) is 5.64. The minimum atomic E-state index is -0.874. The molecular weight excluding hydrogens is 372 g/mol. The molecule has 1 aromatic heterocycles. The van der Waals surface area contributed by atoms with Crippen molar-refractivity contribution in [2.45, 2.75) is 13.2 Å². The van der Waals surface area contributed by atoms with Crippen LogP contribution in [0.3, 0.4) is 0 Å². The summed E-state index contributed by atoms with van der Waals surface area (Å²) in [5, 5.41) is 13.7. The number of amides is 1. The first kappa shape index (κ1) is 18.9. The van der Waals surface area contributed by atoms with Gasteiger partial charge < -0.3 is 19.5 Å². The normalized spacial score (nSPS) is 15.6. The van der Waals surface area contributed by atoms with Crippen LogP contribution in [0.2, 0.25) is 0 Å². The lowest BCUT2D eigenvalue weighted by molar-refractivity contribution is -0.135. The van der Waals surface area contributed by atoms with E-state index in [0.29, 0.717) is 17.1 Å². The van der Waals surface area contributed by atoms with Gasteiger partial charge in [0.2, 0.25) is 23.9 Å². The molecule has 0 unspecified atom stereocenters. The van der Waals surface area contributed by atoms with Crippen molar-refractivity contribution in [3.8, 4) is 11.5 Å². The third-order valence-corrected chi connectivity index (χ3v) is 3.83. The number of ether oxygens (including phenoxy) is 3. The molecule has 0 saturated heterocycles. The monoisotopic (exact) mass is 390 g/mol. The standard InChI is InChI=1S/C16H18N6O6/c1-8(23)22-15(10-6-9(26-2)4-5-11(10)27-3)28-12(21-22)7-17-13-14(24)18-16(25)20-19-13/h4-6,15H,7H2,1-3H3,(H,17,19)(H2,18,20,24,25)/t15-/m0/s1. The molecule has 1 aromatic carbocycles. The van der Waals surface area contributed by atoms with E-state index in [1.165, 1.54) is 21.1 Å². The molecule has 1 amide bonds. The molecule has 0 radical (unpaired) electrons. The zero-order valence-corrected chi connectivity index (χ0v) is 15.3. The first-order valence-corrected chi connectivity index (χ1v) is 8.11. The average molecular weight is 390 g/mol. The van der Waals surface area contributed by atoms with Gasteiger partial charge in [-0.1, -0.05) is 0 Å². The van der Waals surface area contributed by atoms with Gasteiger partial charge in [-0.25, -0.2) is 9.89 Å². The highest BCUT2D eigenvalue weighted by atomic mass is 16.5. The van der Waals surface area contributed by atoms with E-state index in [1.807, 2.05) is 4.98 Å². The van der Waals surface area contributed by atoms with Crippen molar-refractivity contribution in [1.82, 2.24) is 20.2 Å². The molecule has 12 nitrogen and oxygen atoms in total. The second kappa shape index (κ2) is 7.82. The highest BCUT2D eigenvalue weighted by molar-refractivity contribution is 5.85. The minimum Gasteiger partial charge on any atom is -0.497 e. The third kappa shape index (κ3) is 3.79. The molecule has 0 aliphatic carbocycles. The molecule has 0 spiro atoms. The third-order valence-electron chi connectivity index (χ3n) is 3.83. The van der Waals surface area contributed by atoms with E-state index in [1.54, 1.807) is 18.2 Å². The maximum atomic E-state index is 12.0. The number of carbonyl (C=O) groups is 1. The Morgan fingerprint density at radius 1 is 1.32 bits per heavy atom. The molecule has 1 atom stereocenters. The molecule has 2 heterocycles. The number of anilines is 1. The molecule has 0 bridgehead atoms. The van der Waals surface area contributed by atoms with Gasteiger partial charge in [0.15, 0.2) is 0 Å². The highest BCUT2D eigenvalue weighted by Crippen LogP contribution is 2.36. The maximum absolute atomic E-state index is 12.0. The van der Waals surface area contributed by atoms with Crippen LogP contribution < -0.4 is 26.0 Å². The lowest BCUT2D eigenvalue weighted by Gasteiger charge is -2.21. The summed E-state index contributed by atoms with van der Waals surface area (Å²) in [5.41, 5.74) is -0.884. The Kier molecular flexibility index (Phi) is 5.29. The van der Waals surface area contributed by atoms with Gasteiger partial charge in [0, 0.05) is 6.92 Å². The fourth-order valence-corrected chi connectivity index (χ4v) is 2.54. The Bertz CT molecular complexity index is 1030. The van der Waals surface area contributed by atoms with Crippen LogP contribution in [-0.4, -0.2) is 52.8 Å². The lowest BCUT2D eigenvalue weighted by atomic mass is 10.1. The smallest absolute Gasteiger partial charge is 0.342 e. The number of hydrogen-bond donors (Lipinski definition) is 3. The topological polar surface area (TPSA) is 151 Å². The van der Waals surface area contributed by atoms with Gasteiger partial charge in [-0.3, -0.25) is 14.6 Å². The van der Waals surface area contributed by atoms with Crippen molar-refractivity contribution in [2.24, 2.45) is 5.10 Å². The molecule has 3 rings (SSSR count). The summed E-state index contributed by atoms with van der Waals surface area (Å²) in [5.74, 6) is 0.698. The van der Waals surface area contributed by atoms with Gasteiger partial charge in [-0.15, -0.1) is 10.2 Å². The number of aromatic amines is 2. The molecule has 3 N–H and O–H groups in total. The van der Waals surface area contributed by atoms with Gasteiger partial charge in [0.1, 0.15) is 11.5 Å². The Balaban J connectivity index is 1.83. The zero-order chi connectivity index (χ0) is 20.3. The molecule has 2 aromatic rings. The van der Waals surface area contributed by atoms with E-state index in [0.717, 1.165) is 5.01 Å². The number of hydrogen-bond acceptors (Lipinski definition) is 9. The van der Waals surface area contributed by atoms with Gasteiger partial charge in [-0.05, 0) is 18.2 Å². The van der Waals surface area contributed by atoms with E-state index >= 15 is 0 Å². The molecule has 0 fully saturated rings. The van der Waals surface area contributed by atoms with Gasteiger partial charge in [0.25, 0.3) is 5.56 Å². The number of hydrazone groups is 1. The first-order valence-electron chi connectivity index (χ1n) is 8.11. The summed E-state index contributed by atoms with van der Waals surface area (Å²) in [6.07, 6.45) is -0.874. The molecule has 28 heavy (non-hydrogen) atoms. The summed E-state index contributed by atoms with van der Waals surface area (Å²) < 4.78 is 16.4. The van der Waals surface area contributed by atoms with Crippen molar-refractivity contribution in [3.63, 3.8) is 0 Å². The van der Waals surface area contributed by atoms with Crippen LogP contribution in [0.1, 0.15) is 18.7 Å². The predicted octanol–water partition coefficient (Wildman–Crippen LogP) is -0.222. The fraction of sp³-hybridized carbons (Fsp3) is 0.312. The Hall–Kier alpha value is -3.83. The number of methoxy groups -OCH3 is 2. The van der Waals surface area contributed by atoms with Crippen LogP contribution in [-0.2, 0) is 9.53 Å². The Morgan fingerprint density at radius 2 is 2.11 bits per heavy atom. The average Bonchev–Trinajstić information content (AvgIpc) is 3.11. The lowest BCUT2D eigenvalue weighted by Crippen LogP contribution is -2.28. The summed E-state index contributed by atoms with van der Waals surface area (Å²) >= 11 is 0. The fourth-order valence-electron chi connectivity index (χ4n) is 2.54. The van der Waals surface area contributed by atoms with E-state index in [-0.39, 0.29) is 24.2 Å². The van der Waals surface area contributed by atoms with Gasteiger partial charge in [0.05, 0.1) is 26.3 Å². The number of carbonyl (C=O) groups excluding carboxylic acids is 1. The number of benzene rings is 1. The molecule has 1 aliphatic rings. The van der Waals surface area contributed by atoms with Crippen LogP contribution >= 0.6 is 0 Å². The number of nitrogens with one attached hydrogen (secondary N) is 3. The van der Waals surface area contributed by atoms with E-state index in [9.17, 15) is 14.4 Å². The summed E-state index contributed by atoms with van der Waals surface area (Å²) in [6.45, 7) is 1.30. The van der Waals surface area contributed by atoms with E-state index in [2.05, 4.69) is 20.6 Å². The predicted molar refractivity (Wildman–Crippen MR) is 97.3 cm³/mol. The van der Waals surface area contributed by atoms with Crippen LogP contribution in [0.5, 0.6) is 11.5 Å². The van der Waals surface area contributed by atoms with Crippen LogP contribution in [0, 0.1) is 0 Å². The Labute approximate surface area is 158 Å². The molecule has 0 saturated carbocycles. The summed E-state index contributed by atoms with van der Waals surface area (Å²) in [6, 6.07) is 5.09. The van der Waals surface area contributed by atoms with Crippen molar-refractivity contribution < 1.29 is 19.0 Å². The molecule has 148 valence electrons. The highest BCUT2D eigenvalue weighted by Gasteiger charge is 2.34. The van der Waals surface area contributed by atoms with Gasteiger partial charge in [-0.2, -0.15) is 5.01 Å². The van der Waals surface area contributed by atoms with Crippen LogP contribution in [0.15, 0.2) is 32.9 Å². The SMILES string of the molecule is COc1ccc(OC)c([C@@H]2OC(CNc3n[nH]c(=O)[nH]c3=O)=NN2C(C)=O)c1. The quantitative estimate of drug-likeness (QED) is 0.612. The number of rotatable bonds is 6. The number of aromatic nitrogens is 3. The molecule has 1 aliphatic heterocycles. The molecular formula is C16H18N6O6. The Morgan fingerprint density at radius 3 is 2.75 bits per heavy atom. The zero-order valence-electron chi connectivity index (χ0n) is 15.3. The first-order chi connectivity index (χ1) is 13.4. The van der Waals surface area contributed by atoms with E-state index in [4.69, 9.17) is 14.2 Å². The van der Waals surface area contributed by atoms with Crippen molar-refractivity contribution in [2.75, 3.05) is 26.1 Å². The number of nitrogens with zero attached hydrogens (tertiary/aromatic N) is 3. The summed E-state index contributed by atoms with van der Waals surface area (Å²) in [4.78, 5) is 36.8. The van der Waals surface area contributed by atoms with Crippen LogP contribution in [0.25, 0.3) is 0 Å². The minimum absolute atomic E-state index is 0.0469. The second-order valence-corrected chi connectivity index (χ2v) is 5.64. The van der Waals surface area contributed by atoms with Crippen molar-refractivity contribution >= 4 is 17.6 Å². The largest absolute Gasteiger partial charge is 0.497 e. The van der Waals surface area contributed by atoms with Crippen LogP contribution in [0.4, 0.5) is 5.82 Å². The van der Waals surface area contributed by atoms with E-state index < -0.39 is 17.5 Å². The van der Waals surface area contributed by atoms with Crippen molar-refractivity contribution in [3.05, 3.63) is 44.6 Å². The van der Waals surface area contributed by atoms with Gasteiger partial charge >= 0.3 is 5.69 Å².